The Hall–Kier alpha value is -2.16. The molecule has 0 fully saturated rings. The van der Waals surface area contributed by atoms with Crippen LogP contribution in [0, 0.1) is 0 Å². The Labute approximate surface area is 140 Å². The lowest BCUT2D eigenvalue weighted by Crippen LogP contribution is -2.23. The van der Waals surface area contributed by atoms with E-state index in [2.05, 4.69) is 21.1 Å². The Morgan fingerprint density at radius 1 is 1.30 bits per heavy atom. The summed E-state index contributed by atoms with van der Waals surface area (Å²) in [5.74, 6) is 1.43. The summed E-state index contributed by atoms with van der Waals surface area (Å²) in [5.41, 5.74) is 6.22. The third-order valence-corrected chi connectivity index (χ3v) is 4.46. The zero-order valence-corrected chi connectivity index (χ0v) is 14.1. The van der Waals surface area contributed by atoms with Gasteiger partial charge in [0.05, 0.1) is 18.7 Å². The highest BCUT2D eigenvalue weighted by Crippen LogP contribution is 2.54. The lowest BCUT2D eigenvalue weighted by Gasteiger charge is -2.18. The largest absolute Gasteiger partial charge is 0.492 e. The van der Waals surface area contributed by atoms with E-state index in [1.165, 1.54) is 0 Å². The molecule has 0 saturated heterocycles. The van der Waals surface area contributed by atoms with Gasteiger partial charge < -0.3 is 29.5 Å². The van der Waals surface area contributed by atoms with E-state index < -0.39 is 5.91 Å². The number of benzene rings is 1. The lowest BCUT2D eigenvalue weighted by atomic mass is 10.0. The summed E-state index contributed by atoms with van der Waals surface area (Å²) in [6, 6.07) is 0. The third-order valence-electron chi connectivity index (χ3n) is 3.62. The first kappa shape index (κ1) is 15.7. The summed E-state index contributed by atoms with van der Waals surface area (Å²) in [7, 11) is 3.08. The monoisotopic (exact) mass is 386 g/mol. The molecule has 0 radical (unpaired) electrons. The number of carbonyl (C=O) groups excluding carboxylic acids is 1. The van der Waals surface area contributed by atoms with Gasteiger partial charge in [0.15, 0.2) is 11.5 Å². The van der Waals surface area contributed by atoms with Crippen LogP contribution in [0.2, 0.25) is 0 Å². The molecule has 1 atom stereocenters. The molecular formula is C14H15BrN2O6. The molecule has 1 unspecified atom stereocenters. The number of amides is 1. The number of nitrogens with zero attached hydrogens (tertiary/aromatic N) is 1. The molecule has 0 saturated carbocycles. The maximum atomic E-state index is 11.2. The van der Waals surface area contributed by atoms with Gasteiger partial charge in [-0.1, -0.05) is 5.16 Å². The summed E-state index contributed by atoms with van der Waals surface area (Å²) < 4.78 is 22.5. The first-order valence-electron chi connectivity index (χ1n) is 6.81. The average molecular weight is 387 g/mol. The molecule has 1 aromatic carbocycles. The molecule has 9 heteroatoms. The summed E-state index contributed by atoms with van der Waals surface area (Å²) in [6.45, 7) is 0.0901. The first-order chi connectivity index (χ1) is 11.1. The summed E-state index contributed by atoms with van der Waals surface area (Å²) in [6.07, 6.45) is 0.436. The molecule has 2 N–H and O–H groups in total. The van der Waals surface area contributed by atoms with Crippen LogP contribution in [-0.4, -0.2) is 38.7 Å². The quantitative estimate of drug-likeness (QED) is 0.819. The number of rotatable bonds is 5. The Bertz CT molecular complexity index is 691. The van der Waals surface area contributed by atoms with Gasteiger partial charge >= 0.3 is 0 Å². The zero-order valence-electron chi connectivity index (χ0n) is 12.6. The minimum atomic E-state index is -0.582. The van der Waals surface area contributed by atoms with Crippen molar-refractivity contribution >= 4 is 27.5 Å². The average Bonchev–Trinajstić information content (AvgIpc) is 3.17. The number of primary amides is 1. The van der Waals surface area contributed by atoms with E-state index in [1.807, 2.05) is 0 Å². The van der Waals surface area contributed by atoms with Crippen LogP contribution in [-0.2, 0) is 16.1 Å². The number of nitrogens with two attached hydrogens (primary N) is 1. The number of methoxy groups -OCH3 is 2. The molecule has 23 heavy (non-hydrogen) atoms. The summed E-state index contributed by atoms with van der Waals surface area (Å²) in [5, 5.41) is 3.71. The van der Waals surface area contributed by atoms with Crippen molar-refractivity contribution in [2.24, 2.45) is 10.9 Å². The minimum absolute atomic E-state index is 0.0901. The van der Waals surface area contributed by atoms with Crippen LogP contribution in [0.3, 0.4) is 0 Å². The minimum Gasteiger partial charge on any atom is -0.492 e. The fourth-order valence-electron chi connectivity index (χ4n) is 2.58. The van der Waals surface area contributed by atoms with Crippen molar-refractivity contribution in [3.05, 3.63) is 10.0 Å². The van der Waals surface area contributed by atoms with Gasteiger partial charge in [0.2, 0.25) is 18.3 Å². The van der Waals surface area contributed by atoms with E-state index in [9.17, 15) is 4.79 Å². The highest BCUT2D eigenvalue weighted by molar-refractivity contribution is 9.10. The summed E-state index contributed by atoms with van der Waals surface area (Å²) in [4.78, 5) is 16.4. The van der Waals surface area contributed by atoms with Crippen molar-refractivity contribution in [1.29, 1.82) is 0 Å². The molecule has 124 valence electrons. The molecule has 8 nitrogen and oxygen atoms in total. The van der Waals surface area contributed by atoms with Crippen LogP contribution in [0.15, 0.2) is 9.63 Å². The molecule has 1 amide bonds. The molecule has 3 rings (SSSR count). The molecule has 2 aliphatic heterocycles. The highest BCUT2D eigenvalue weighted by atomic mass is 79.9. The van der Waals surface area contributed by atoms with Gasteiger partial charge in [-0.05, 0) is 15.9 Å². The maximum absolute atomic E-state index is 11.2. The van der Waals surface area contributed by atoms with E-state index >= 15 is 0 Å². The predicted molar refractivity (Wildman–Crippen MR) is 83.2 cm³/mol. The van der Waals surface area contributed by atoms with Crippen LogP contribution in [0.25, 0.3) is 0 Å². The summed E-state index contributed by atoms with van der Waals surface area (Å²) >= 11 is 3.51. The molecule has 2 aliphatic rings. The van der Waals surface area contributed by atoms with Crippen LogP contribution >= 0.6 is 15.9 Å². The van der Waals surface area contributed by atoms with Gasteiger partial charge in [0.25, 0.3) is 5.91 Å². The van der Waals surface area contributed by atoms with Gasteiger partial charge in [0.1, 0.15) is 11.8 Å². The molecule has 0 aliphatic carbocycles. The lowest BCUT2D eigenvalue weighted by molar-refractivity contribution is -0.112. The molecule has 0 aromatic heterocycles. The smallest absolute Gasteiger partial charge is 0.266 e. The van der Waals surface area contributed by atoms with Crippen molar-refractivity contribution in [2.45, 2.75) is 18.9 Å². The Balaban J connectivity index is 1.95. The van der Waals surface area contributed by atoms with Crippen molar-refractivity contribution in [2.75, 3.05) is 21.0 Å². The van der Waals surface area contributed by atoms with Crippen LogP contribution in [0.4, 0.5) is 0 Å². The SMILES string of the molecule is COc1c(Br)c(CC2CC(C(N)=O)=NO2)c(OC)c2c1OCO2. The standard InChI is InChI=1S/C14H15BrN2O6/c1-19-10-7(3-6-4-8(14(16)18)17-23-6)9(15)11(20-2)13-12(10)21-5-22-13/h6H,3-5H2,1-2H3,(H2,16,18). The number of halogens is 1. The van der Waals surface area contributed by atoms with Crippen molar-refractivity contribution in [3.63, 3.8) is 0 Å². The normalized spacial score (nSPS) is 18.4. The van der Waals surface area contributed by atoms with Gasteiger partial charge in [0, 0.05) is 18.4 Å². The van der Waals surface area contributed by atoms with Gasteiger partial charge in [-0.2, -0.15) is 0 Å². The van der Waals surface area contributed by atoms with Crippen molar-refractivity contribution in [3.8, 4) is 23.0 Å². The fourth-order valence-corrected chi connectivity index (χ4v) is 3.26. The van der Waals surface area contributed by atoms with E-state index in [1.54, 1.807) is 14.2 Å². The number of carbonyl (C=O) groups is 1. The van der Waals surface area contributed by atoms with Crippen molar-refractivity contribution in [1.82, 2.24) is 0 Å². The maximum Gasteiger partial charge on any atom is 0.266 e. The van der Waals surface area contributed by atoms with Crippen molar-refractivity contribution < 1.29 is 28.6 Å². The van der Waals surface area contributed by atoms with Gasteiger partial charge in [-0.3, -0.25) is 4.79 Å². The van der Waals surface area contributed by atoms with Crippen LogP contribution < -0.4 is 24.7 Å². The van der Waals surface area contributed by atoms with E-state index in [-0.39, 0.29) is 18.6 Å². The van der Waals surface area contributed by atoms with Crippen LogP contribution in [0.1, 0.15) is 12.0 Å². The van der Waals surface area contributed by atoms with Crippen LogP contribution in [0.5, 0.6) is 23.0 Å². The number of hydrogen-bond acceptors (Lipinski definition) is 7. The number of hydrogen-bond donors (Lipinski definition) is 1. The number of ether oxygens (including phenoxy) is 4. The predicted octanol–water partition coefficient (Wildman–Crippen LogP) is 1.37. The first-order valence-corrected chi connectivity index (χ1v) is 7.60. The molecule has 0 spiro atoms. The second-order valence-corrected chi connectivity index (χ2v) is 5.75. The van der Waals surface area contributed by atoms with E-state index in [4.69, 9.17) is 29.5 Å². The van der Waals surface area contributed by atoms with E-state index in [0.717, 1.165) is 5.56 Å². The van der Waals surface area contributed by atoms with Gasteiger partial charge in [-0.25, -0.2) is 0 Å². The highest BCUT2D eigenvalue weighted by Gasteiger charge is 2.33. The van der Waals surface area contributed by atoms with E-state index in [0.29, 0.717) is 40.3 Å². The Morgan fingerprint density at radius 3 is 2.52 bits per heavy atom. The number of oxime groups is 1. The molecule has 0 bridgehead atoms. The zero-order chi connectivity index (χ0) is 16.6. The topological polar surface area (TPSA) is 102 Å². The fraction of sp³-hybridized carbons (Fsp3) is 0.429. The Morgan fingerprint density at radius 2 is 1.96 bits per heavy atom. The molecular weight excluding hydrogens is 372 g/mol. The Kier molecular flexibility index (Phi) is 4.20. The number of fused-ring (bicyclic) bond motifs is 1. The second-order valence-electron chi connectivity index (χ2n) is 4.96. The molecule has 2 heterocycles. The third kappa shape index (κ3) is 2.65. The molecule has 1 aromatic rings. The van der Waals surface area contributed by atoms with Gasteiger partial charge in [-0.15, -0.1) is 0 Å². The second kappa shape index (κ2) is 6.15.